The molecule has 0 aliphatic carbocycles. The largest absolute Gasteiger partial charge is 0.870 e. The number of hydrogen-bond donors (Lipinski definition) is 1. The summed E-state index contributed by atoms with van der Waals surface area (Å²) < 4.78 is 34.6. The highest BCUT2D eigenvalue weighted by Gasteiger charge is 2.27. The summed E-state index contributed by atoms with van der Waals surface area (Å²) in [5.41, 5.74) is 2.26. The monoisotopic (exact) mass is 498 g/mol. The second kappa shape index (κ2) is 9.89. The summed E-state index contributed by atoms with van der Waals surface area (Å²) in [5, 5.41) is 2.93. The molecule has 2 N–H and O–H groups in total. The van der Waals surface area contributed by atoms with Crippen molar-refractivity contribution in [1.29, 1.82) is 0 Å². The van der Waals surface area contributed by atoms with Crippen molar-refractivity contribution < 1.29 is 23.0 Å². The summed E-state index contributed by atoms with van der Waals surface area (Å²) in [4.78, 5) is 3.32. The molecule has 31 heavy (non-hydrogen) atoms. The first-order valence-corrected chi connectivity index (χ1v) is 13.3. The lowest BCUT2D eigenvalue weighted by atomic mass is 10.2. The van der Waals surface area contributed by atoms with Crippen molar-refractivity contribution in [3.8, 4) is 0 Å². The van der Waals surface area contributed by atoms with Crippen LogP contribution in [0.3, 0.4) is 0 Å². The van der Waals surface area contributed by atoms with Crippen molar-refractivity contribution >= 4 is 66.8 Å². The van der Waals surface area contributed by atoms with Crippen molar-refractivity contribution in [3.63, 3.8) is 0 Å². The van der Waals surface area contributed by atoms with Gasteiger partial charge in [-0.15, -0.1) is 0 Å². The summed E-state index contributed by atoms with van der Waals surface area (Å²) in [6, 6.07) is 14.2. The fourth-order valence-corrected chi connectivity index (χ4v) is 6.64. The van der Waals surface area contributed by atoms with Crippen LogP contribution in [-0.2, 0) is 16.7 Å². The van der Waals surface area contributed by atoms with E-state index in [1.54, 1.807) is 23.1 Å². The van der Waals surface area contributed by atoms with Gasteiger partial charge in [0.2, 0.25) is 5.52 Å². The highest BCUT2D eigenvalue weighted by atomic mass is 35.5. The molecule has 0 bridgehead atoms. The maximum absolute atomic E-state index is 11.0. The normalized spacial score (nSPS) is 14.8. The standard InChI is InChI=1S/C21H21ClN2O3S3.H2O/c1-2-23-16-7-3-4-8-18(16)28-20(23)14-21-24(11-5-6-12-30(25,26)27)17-13-15(22)9-10-19(17)29-21;/h3-4,7-10,13-14H,2,5-6,11-12H2,1H3;1H2. The van der Waals surface area contributed by atoms with Gasteiger partial charge in [-0.1, -0.05) is 46.8 Å². The number of thioether (sulfide) groups is 1. The van der Waals surface area contributed by atoms with E-state index in [2.05, 4.69) is 46.7 Å². The quantitative estimate of drug-likeness (QED) is 0.271. The average Bonchev–Trinajstić information content (AvgIpc) is 3.21. The number of fused-ring (bicyclic) bond motifs is 2. The van der Waals surface area contributed by atoms with E-state index in [-0.39, 0.29) is 11.2 Å². The average molecular weight is 499 g/mol. The molecule has 0 radical (unpaired) electrons. The first-order valence-electron chi connectivity index (χ1n) is 9.69. The van der Waals surface area contributed by atoms with E-state index in [0.717, 1.165) is 22.2 Å². The van der Waals surface area contributed by atoms with Gasteiger partial charge in [0.15, 0.2) is 0 Å². The molecule has 0 fully saturated rings. The van der Waals surface area contributed by atoms with E-state index in [1.165, 1.54) is 15.2 Å². The molecule has 2 aromatic carbocycles. The molecule has 0 spiro atoms. The topological polar surface area (TPSA) is 91.5 Å². The molecule has 0 unspecified atom stereocenters. The molecule has 0 saturated carbocycles. The summed E-state index contributed by atoms with van der Waals surface area (Å²) in [6.45, 7) is 3.67. The molecule has 2 heterocycles. The van der Waals surface area contributed by atoms with Crippen LogP contribution in [0.2, 0.25) is 5.02 Å². The minimum absolute atomic E-state index is 0. The molecule has 1 aliphatic heterocycles. The van der Waals surface area contributed by atoms with Crippen LogP contribution >= 0.6 is 34.7 Å². The van der Waals surface area contributed by atoms with Crippen LogP contribution in [0.1, 0.15) is 24.8 Å². The zero-order valence-electron chi connectivity index (χ0n) is 16.9. The highest BCUT2D eigenvalue weighted by Crippen LogP contribution is 2.47. The van der Waals surface area contributed by atoms with E-state index >= 15 is 0 Å². The number of para-hydroxylation sites is 1. The molecule has 1 aromatic heterocycles. The molecule has 6 nitrogen and oxygen atoms in total. The molecular formula is C21H23ClN2O4S3. The zero-order valence-corrected chi connectivity index (χ0v) is 20.1. The third-order valence-electron chi connectivity index (χ3n) is 4.93. The Balaban J connectivity index is 0.00000272. The third kappa shape index (κ3) is 5.42. The number of halogens is 1. The summed E-state index contributed by atoms with van der Waals surface area (Å²) in [7, 11) is -3.93. The number of hydrogen-bond acceptors (Lipinski definition) is 6. The molecular weight excluding hydrogens is 476 g/mol. The van der Waals surface area contributed by atoms with E-state index in [9.17, 15) is 8.42 Å². The van der Waals surface area contributed by atoms with Crippen LogP contribution < -0.4 is 9.47 Å². The van der Waals surface area contributed by atoms with Gasteiger partial charge in [-0.3, -0.25) is 4.55 Å². The van der Waals surface area contributed by atoms with Gasteiger partial charge in [0.05, 0.1) is 22.5 Å². The van der Waals surface area contributed by atoms with Crippen LogP contribution in [0.25, 0.3) is 16.3 Å². The lowest BCUT2D eigenvalue weighted by Crippen LogP contribution is -2.33. The Hall–Kier alpha value is -1.62. The van der Waals surface area contributed by atoms with Gasteiger partial charge in [0.25, 0.3) is 15.1 Å². The Morgan fingerprint density at radius 1 is 1.19 bits per heavy atom. The molecule has 0 saturated heterocycles. The van der Waals surface area contributed by atoms with Gasteiger partial charge >= 0.3 is 0 Å². The Bertz CT molecular complexity index is 1220. The first-order chi connectivity index (χ1) is 14.4. The molecule has 166 valence electrons. The maximum atomic E-state index is 11.0. The number of aromatic nitrogens is 1. The summed E-state index contributed by atoms with van der Waals surface area (Å²) in [6.07, 6.45) is 3.25. The summed E-state index contributed by atoms with van der Waals surface area (Å²) >= 11 is 9.70. The van der Waals surface area contributed by atoms with Crippen molar-refractivity contribution in [3.05, 3.63) is 57.5 Å². The molecule has 4 rings (SSSR count). The fourth-order valence-electron chi connectivity index (χ4n) is 3.56. The number of unbranched alkanes of at least 4 members (excludes halogenated alkanes) is 1. The van der Waals surface area contributed by atoms with Gasteiger partial charge in [-0.2, -0.15) is 13.0 Å². The number of benzene rings is 2. The molecule has 0 atom stereocenters. The molecule has 0 amide bonds. The van der Waals surface area contributed by atoms with E-state index in [0.29, 0.717) is 24.4 Å². The lowest BCUT2D eigenvalue weighted by molar-refractivity contribution is -0.665. The minimum atomic E-state index is -3.93. The van der Waals surface area contributed by atoms with Crippen molar-refractivity contribution in [2.45, 2.75) is 31.2 Å². The van der Waals surface area contributed by atoms with Crippen LogP contribution in [0.15, 0.2) is 52.4 Å². The second-order valence-electron chi connectivity index (χ2n) is 6.99. The van der Waals surface area contributed by atoms with E-state index in [1.807, 2.05) is 18.2 Å². The predicted molar refractivity (Wildman–Crippen MR) is 128 cm³/mol. The van der Waals surface area contributed by atoms with Crippen LogP contribution in [0, 0.1) is 0 Å². The number of anilines is 1. The van der Waals surface area contributed by atoms with Gasteiger partial charge < -0.3 is 10.4 Å². The number of thiazole rings is 1. The molecule has 1 aliphatic rings. The van der Waals surface area contributed by atoms with E-state index in [4.69, 9.17) is 16.2 Å². The smallest absolute Gasteiger partial charge is 0.265 e. The van der Waals surface area contributed by atoms with Crippen molar-refractivity contribution in [1.82, 2.24) is 0 Å². The Morgan fingerprint density at radius 2 is 1.97 bits per heavy atom. The van der Waals surface area contributed by atoms with E-state index < -0.39 is 10.1 Å². The van der Waals surface area contributed by atoms with Gasteiger partial charge in [0.1, 0.15) is 11.2 Å². The maximum Gasteiger partial charge on any atom is 0.265 e. The van der Waals surface area contributed by atoms with Gasteiger partial charge in [0, 0.05) is 22.5 Å². The third-order valence-corrected chi connectivity index (χ3v) is 8.19. The van der Waals surface area contributed by atoms with Crippen molar-refractivity contribution in [2.75, 3.05) is 17.2 Å². The second-order valence-corrected chi connectivity index (χ2v) is 11.1. The highest BCUT2D eigenvalue weighted by molar-refractivity contribution is 8.03. The Morgan fingerprint density at radius 3 is 2.71 bits per heavy atom. The van der Waals surface area contributed by atoms with Gasteiger partial charge in [-0.25, -0.2) is 0 Å². The number of nitrogens with zero attached hydrogens (tertiary/aromatic N) is 2. The fraction of sp³-hybridized carbons (Fsp3) is 0.286. The molecule has 10 heteroatoms. The van der Waals surface area contributed by atoms with Crippen LogP contribution in [0.4, 0.5) is 5.69 Å². The zero-order chi connectivity index (χ0) is 21.3. The summed E-state index contributed by atoms with van der Waals surface area (Å²) in [5.74, 6) is -0.221. The predicted octanol–water partition coefficient (Wildman–Crippen LogP) is 5.26. The van der Waals surface area contributed by atoms with Crippen LogP contribution in [-0.4, -0.2) is 30.7 Å². The first kappa shape index (κ1) is 24.0. The van der Waals surface area contributed by atoms with Crippen molar-refractivity contribution in [2.24, 2.45) is 0 Å². The Kier molecular flexibility index (Phi) is 7.67. The number of aryl methyl sites for hydroxylation is 1. The Labute approximate surface area is 195 Å². The minimum Gasteiger partial charge on any atom is -0.870 e. The number of rotatable bonds is 7. The van der Waals surface area contributed by atoms with Gasteiger partial charge in [-0.05, 0) is 44.0 Å². The lowest BCUT2D eigenvalue weighted by Gasteiger charge is -2.20. The van der Waals surface area contributed by atoms with Crippen LogP contribution in [0.5, 0.6) is 0 Å². The molecule has 3 aromatic rings. The SMILES string of the molecule is CC[n+]1c(C=C2Sc3ccc(Cl)cc3N2CCCCS(=O)(=O)O)sc2ccccc21.[OH-].